The van der Waals surface area contributed by atoms with Crippen molar-refractivity contribution >= 4 is 29.1 Å². The smallest absolute Gasteiger partial charge is 0.269 e. The lowest BCUT2D eigenvalue weighted by molar-refractivity contribution is 0.102. The number of amides is 1. The number of rotatable bonds is 3. The zero-order valence-electron chi connectivity index (χ0n) is 13.3. The zero-order chi connectivity index (χ0) is 16.4. The second kappa shape index (κ2) is 6.55. The van der Waals surface area contributed by atoms with E-state index >= 15 is 0 Å². The molecular formula is C14H18N6O2S. The highest BCUT2D eigenvalue weighted by Crippen LogP contribution is 2.22. The molecule has 2 aromatic rings. The normalized spacial score (nSPS) is 14.8. The molecule has 1 amide bonds. The molecule has 3 heterocycles. The Labute approximate surface area is 138 Å². The van der Waals surface area contributed by atoms with E-state index in [1.54, 1.807) is 6.92 Å². The van der Waals surface area contributed by atoms with Crippen LogP contribution in [0.1, 0.15) is 26.8 Å². The van der Waals surface area contributed by atoms with E-state index in [1.165, 1.54) is 0 Å². The first kappa shape index (κ1) is 15.8. The Bertz CT molecular complexity index is 703. The number of hydrogen-bond acceptors (Lipinski definition) is 8. The molecule has 0 saturated carbocycles. The first-order valence-corrected chi connectivity index (χ1v) is 8.12. The third kappa shape index (κ3) is 3.30. The van der Waals surface area contributed by atoms with Gasteiger partial charge < -0.3 is 15.0 Å². The lowest BCUT2D eigenvalue weighted by atomic mass is 10.2. The van der Waals surface area contributed by atoms with Crippen LogP contribution in [-0.2, 0) is 4.74 Å². The fraction of sp³-hybridized carbons (Fsp3) is 0.500. The van der Waals surface area contributed by atoms with E-state index in [-0.39, 0.29) is 5.91 Å². The van der Waals surface area contributed by atoms with Gasteiger partial charge in [-0.05, 0) is 32.3 Å². The van der Waals surface area contributed by atoms with Crippen molar-refractivity contribution in [2.75, 3.05) is 36.5 Å². The number of anilines is 2. The van der Waals surface area contributed by atoms with E-state index in [9.17, 15) is 4.79 Å². The van der Waals surface area contributed by atoms with Gasteiger partial charge in [0, 0.05) is 13.1 Å². The first-order chi connectivity index (χ1) is 11.1. The number of nitrogens with one attached hydrogen (secondary N) is 1. The zero-order valence-corrected chi connectivity index (χ0v) is 14.1. The number of ether oxygens (including phenoxy) is 1. The molecule has 1 aliphatic rings. The molecular weight excluding hydrogens is 316 g/mol. The van der Waals surface area contributed by atoms with E-state index < -0.39 is 0 Å². The average molecular weight is 334 g/mol. The van der Waals surface area contributed by atoms with Crippen LogP contribution in [0, 0.1) is 20.8 Å². The summed E-state index contributed by atoms with van der Waals surface area (Å²) in [5, 5.41) is 6.73. The van der Waals surface area contributed by atoms with Crippen LogP contribution in [-0.4, -0.2) is 51.8 Å². The van der Waals surface area contributed by atoms with Gasteiger partial charge >= 0.3 is 0 Å². The lowest BCUT2D eigenvalue weighted by Gasteiger charge is -2.27. The summed E-state index contributed by atoms with van der Waals surface area (Å²) in [4.78, 5) is 24.0. The van der Waals surface area contributed by atoms with Gasteiger partial charge in [0.05, 0.1) is 36.0 Å². The van der Waals surface area contributed by atoms with Crippen molar-refractivity contribution in [3.63, 3.8) is 0 Å². The summed E-state index contributed by atoms with van der Waals surface area (Å²) in [5.74, 6) is 0.448. The van der Waals surface area contributed by atoms with Crippen molar-refractivity contribution in [1.29, 1.82) is 0 Å². The number of morpholine rings is 1. The monoisotopic (exact) mass is 334 g/mol. The van der Waals surface area contributed by atoms with E-state index in [0.29, 0.717) is 35.4 Å². The lowest BCUT2D eigenvalue weighted by Crippen LogP contribution is -2.37. The molecule has 8 nitrogen and oxygen atoms in total. The van der Waals surface area contributed by atoms with E-state index in [1.807, 2.05) is 13.8 Å². The van der Waals surface area contributed by atoms with Gasteiger partial charge in [-0.3, -0.25) is 4.79 Å². The molecule has 3 rings (SSSR count). The van der Waals surface area contributed by atoms with Crippen LogP contribution < -0.4 is 10.2 Å². The predicted molar refractivity (Wildman–Crippen MR) is 87.1 cm³/mol. The summed E-state index contributed by atoms with van der Waals surface area (Å²) in [5.41, 5.74) is 2.73. The van der Waals surface area contributed by atoms with Crippen molar-refractivity contribution in [3.05, 3.63) is 22.0 Å². The van der Waals surface area contributed by atoms with Crippen molar-refractivity contribution in [2.24, 2.45) is 0 Å². The topological polar surface area (TPSA) is 93.1 Å². The number of carbonyl (C=O) groups excluding carboxylic acids is 1. The maximum absolute atomic E-state index is 12.3. The van der Waals surface area contributed by atoms with Crippen molar-refractivity contribution in [3.8, 4) is 0 Å². The maximum atomic E-state index is 12.3. The predicted octanol–water partition coefficient (Wildman–Crippen LogP) is 1.34. The molecule has 2 aromatic heterocycles. The molecule has 0 bridgehead atoms. The number of hydrogen-bond donors (Lipinski definition) is 1. The maximum Gasteiger partial charge on any atom is 0.269 e. The highest BCUT2D eigenvalue weighted by molar-refractivity contribution is 7.08. The van der Waals surface area contributed by atoms with E-state index in [0.717, 1.165) is 36.0 Å². The highest BCUT2D eigenvalue weighted by Gasteiger charge is 2.19. The Morgan fingerprint density at radius 3 is 2.35 bits per heavy atom. The van der Waals surface area contributed by atoms with E-state index in [2.05, 4.69) is 29.8 Å². The van der Waals surface area contributed by atoms with Crippen LogP contribution in [0.2, 0.25) is 0 Å². The van der Waals surface area contributed by atoms with Gasteiger partial charge in [0.15, 0.2) is 0 Å². The van der Waals surface area contributed by atoms with Crippen LogP contribution in [0.3, 0.4) is 0 Å². The fourth-order valence-electron chi connectivity index (χ4n) is 2.39. The minimum Gasteiger partial charge on any atom is -0.378 e. The molecule has 122 valence electrons. The van der Waals surface area contributed by atoms with Gasteiger partial charge in [0.1, 0.15) is 4.88 Å². The standard InChI is InChI=1S/C14H18N6O2S/c1-8-11(17-13(21)12-10(3)18-19-23-12)9(2)16-14(15-8)20-4-6-22-7-5-20/h4-7H2,1-3H3,(H,17,21). The fourth-order valence-corrected chi connectivity index (χ4v) is 2.95. The molecule has 23 heavy (non-hydrogen) atoms. The van der Waals surface area contributed by atoms with Crippen LogP contribution in [0.4, 0.5) is 11.6 Å². The van der Waals surface area contributed by atoms with Crippen molar-refractivity contribution in [2.45, 2.75) is 20.8 Å². The number of aryl methyl sites for hydroxylation is 3. The summed E-state index contributed by atoms with van der Waals surface area (Å²) in [6, 6.07) is 0. The molecule has 1 aliphatic heterocycles. The second-order valence-corrected chi connectivity index (χ2v) is 6.06. The molecule has 1 N–H and O–H groups in total. The van der Waals surface area contributed by atoms with Gasteiger partial charge in [0.25, 0.3) is 5.91 Å². The SMILES string of the molecule is Cc1nnsc1C(=O)Nc1c(C)nc(N2CCOCC2)nc1C. The van der Waals surface area contributed by atoms with E-state index in [4.69, 9.17) is 4.74 Å². The van der Waals surface area contributed by atoms with Crippen molar-refractivity contribution in [1.82, 2.24) is 19.6 Å². The number of carbonyl (C=O) groups is 1. The highest BCUT2D eigenvalue weighted by atomic mass is 32.1. The summed E-state index contributed by atoms with van der Waals surface area (Å²) in [6.07, 6.45) is 0. The molecule has 0 aliphatic carbocycles. The van der Waals surface area contributed by atoms with Crippen LogP contribution >= 0.6 is 11.5 Å². The van der Waals surface area contributed by atoms with Crippen LogP contribution in [0.5, 0.6) is 0 Å². The third-order valence-corrected chi connectivity index (χ3v) is 4.48. The second-order valence-electron chi connectivity index (χ2n) is 5.31. The number of nitrogens with zero attached hydrogens (tertiary/aromatic N) is 5. The summed E-state index contributed by atoms with van der Waals surface area (Å²) in [7, 11) is 0. The molecule has 1 saturated heterocycles. The Hall–Kier alpha value is -2.13. The summed E-state index contributed by atoms with van der Waals surface area (Å²) >= 11 is 1.08. The van der Waals surface area contributed by atoms with Gasteiger partial charge in [-0.2, -0.15) is 0 Å². The first-order valence-electron chi connectivity index (χ1n) is 7.34. The molecule has 0 spiro atoms. The minimum absolute atomic E-state index is 0.230. The van der Waals surface area contributed by atoms with Crippen LogP contribution in [0.25, 0.3) is 0 Å². The van der Waals surface area contributed by atoms with Gasteiger partial charge in [-0.1, -0.05) is 4.49 Å². The minimum atomic E-state index is -0.230. The Kier molecular flexibility index (Phi) is 4.49. The Morgan fingerprint density at radius 1 is 1.13 bits per heavy atom. The molecule has 0 unspecified atom stereocenters. The van der Waals surface area contributed by atoms with Gasteiger partial charge in [-0.25, -0.2) is 9.97 Å². The van der Waals surface area contributed by atoms with Gasteiger partial charge in [0.2, 0.25) is 5.95 Å². The quantitative estimate of drug-likeness (QED) is 0.905. The Balaban J connectivity index is 1.83. The van der Waals surface area contributed by atoms with Gasteiger partial charge in [-0.15, -0.1) is 5.10 Å². The van der Waals surface area contributed by atoms with Crippen molar-refractivity contribution < 1.29 is 9.53 Å². The average Bonchev–Trinajstić information content (AvgIpc) is 2.97. The molecule has 0 aromatic carbocycles. The summed E-state index contributed by atoms with van der Waals surface area (Å²) < 4.78 is 9.13. The molecule has 1 fully saturated rings. The van der Waals surface area contributed by atoms with Crippen LogP contribution in [0.15, 0.2) is 0 Å². The molecule has 0 radical (unpaired) electrons. The molecule has 9 heteroatoms. The third-order valence-electron chi connectivity index (χ3n) is 3.65. The number of aromatic nitrogens is 4. The molecule has 0 atom stereocenters. The summed E-state index contributed by atoms with van der Waals surface area (Å²) in [6.45, 7) is 8.40. The Morgan fingerprint density at radius 2 is 1.78 bits per heavy atom. The largest absolute Gasteiger partial charge is 0.378 e.